The van der Waals surface area contributed by atoms with Crippen LogP contribution < -0.4 is 15.1 Å². The van der Waals surface area contributed by atoms with Crippen LogP contribution in [0.3, 0.4) is 0 Å². The number of ketones is 1. The van der Waals surface area contributed by atoms with Gasteiger partial charge in [-0.25, -0.2) is 9.37 Å². The van der Waals surface area contributed by atoms with Crippen LogP contribution >= 0.6 is 0 Å². The van der Waals surface area contributed by atoms with Crippen molar-refractivity contribution in [3.8, 4) is 11.8 Å². The van der Waals surface area contributed by atoms with Crippen molar-refractivity contribution in [3.05, 3.63) is 88.5 Å². The summed E-state index contributed by atoms with van der Waals surface area (Å²) >= 11 is 0. The van der Waals surface area contributed by atoms with E-state index in [1.807, 2.05) is 37.3 Å². The van der Waals surface area contributed by atoms with E-state index in [-0.39, 0.29) is 24.4 Å². The molecule has 1 unspecified atom stereocenters. The smallest absolute Gasteiger partial charge is 0.166 e. The van der Waals surface area contributed by atoms with Crippen LogP contribution in [0.15, 0.2) is 54.7 Å². The van der Waals surface area contributed by atoms with E-state index in [1.54, 1.807) is 24.4 Å². The van der Waals surface area contributed by atoms with E-state index in [2.05, 4.69) is 15.4 Å². The fourth-order valence-corrected chi connectivity index (χ4v) is 4.84. The molecular weight excluding hydrogens is 459 g/mol. The van der Waals surface area contributed by atoms with Gasteiger partial charge in [-0.15, -0.1) is 0 Å². The Morgan fingerprint density at radius 3 is 2.81 bits per heavy atom. The lowest BCUT2D eigenvalue weighted by atomic mass is 9.88. The second-order valence-corrected chi connectivity index (χ2v) is 9.14. The Morgan fingerprint density at radius 1 is 1.25 bits per heavy atom. The maximum absolute atomic E-state index is 14.9. The molecule has 1 fully saturated rings. The standard InChI is InChI=1S/C28H27FN4O3/c1-18-24-3-2-4-27(25(24)16-32-36-18)35-17-21-6-5-20(13-26(21)29)28(34)19-9-11-33(12-10-19)23-8-7-22(14-30)31-15-23/h2-8,13,15,18-19,32H,9-12,16-17H2,1H3. The number of hydrogen-bond acceptors (Lipinski definition) is 7. The number of ether oxygens (including phenoxy) is 1. The third kappa shape index (κ3) is 4.94. The first-order chi connectivity index (χ1) is 17.5. The highest BCUT2D eigenvalue weighted by atomic mass is 19.1. The van der Waals surface area contributed by atoms with Crippen LogP contribution in [0.4, 0.5) is 10.1 Å². The molecule has 0 bridgehead atoms. The molecule has 2 aliphatic heterocycles. The number of hydrogen-bond donors (Lipinski definition) is 1. The Bertz CT molecular complexity index is 1300. The van der Waals surface area contributed by atoms with Crippen molar-refractivity contribution in [1.29, 1.82) is 5.26 Å². The normalized spacial score (nSPS) is 17.8. The number of benzene rings is 2. The summed E-state index contributed by atoms with van der Waals surface area (Å²) < 4.78 is 20.9. The molecule has 0 aliphatic carbocycles. The van der Waals surface area contributed by atoms with Crippen LogP contribution in [0.1, 0.15) is 58.6 Å². The summed E-state index contributed by atoms with van der Waals surface area (Å²) in [7, 11) is 0. The van der Waals surface area contributed by atoms with Crippen LogP contribution in [0.2, 0.25) is 0 Å². The first kappa shape index (κ1) is 23.9. The molecule has 8 heteroatoms. The highest BCUT2D eigenvalue weighted by Crippen LogP contribution is 2.32. The Hall–Kier alpha value is -3.80. The number of rotatable bonds is 6. The van der Waals surface area contributed by atoms with E-state index in [9.17, 15) is 9.18 Å². The molecule has 7 nitrogen and oxygen atoms in total. The lowest BCUT2D eigenvalue weighted by Gasteiger charge is -2.32. The van der Waals surface area contributed by atoms with Crippen molar-refractivity contribution in [1.82, 2.24) is 10.5 Å². The number of nitrogens with one attached hydrogen (secondary N) is 1. The molecular formula is C28H27FN4O3. The molecule has 1 saturated heterocycles. The third-order valence-electron chi connectivity index (χ3n) is 6.93. The molecule has 1 aromatic heterocycles. The van der Waals surface area contributed by atoms with Gasteiger partial charge in [-0.1, -0.05) is 24.3 Å². The Labute approximate surface area is 209 Å². The molecule has 0 saturated carbocycles. The number of pyridine rings is 1. The number of piperidine rings is 1. The van der Waals surface area contributed by atoms with Crippen LogP contribution in [0, 0.1) is 23.1 Å². The lowest BCUT2D eigenvalue weighted by Crippen LogP contribution is -2.36. The van der Waals surface area contributed by atoms with Gasteiger partial charge < -0.3 is 9.64 Å². The van der Waals surface area contributed by atoms with Gasteiger partial charge in [0, 0.05) is 35.7 Å². The summed E-state index contributed by atoms with van der Waals surface area (Å²) in [6.07, 6.45) is 2.96. The summed E-state index contributed by atoms with van der Waals surface area (Å²) in [5.74, 6) is 0.0679. The summed E-state index contributed by atoms with van der Waals surface area (Å²) in [6, 6.07) is 16.0. The number of aromatic nitrogens is 1. The lowest BCUT2D eigenvalue weighted by molar-refractivity contribution is -0.0338. The second kappa shape index (κ2) is 10.4. The number of anilines is 1. The number of carbonyl (C=O) groups is 1. The zero-order valence-electron chi connectivity index (χ0n) is 20.0. The molecule has 1 N–H and O–H groups in total. The number of fused-ring (bicyclic) bond motifs is 1. The highest BCUT2D eigenvalue weighted by Gasteiger charge is 2.27. The van der Waals surface area contributed by atoms with Crippen molar-refractivity contribution in [2.75, 3.05) is 18.0 Å². The first-order valence-corrected chi connectivity index (χ1v) is 12.1. The maximum Gasteiger partial charge on any atom is 0.166 e. The number of carbonyl (C=O) groups excluding carboxylic acids is 1. The van der Waals surface area contributed by atoms with Gasteiger partial charge in [-0.05, 0) is 49.6 Å². The molecule has 3 heterocycles. The molecule has 1 atom stereocenters. The SMILES string of the molecule is CC1ONCc2c(OCc3ccc(C(=O)C4CCN(c5ccc(C#N)nc5)CC4)cc3F)cccc21. The topological polar surface area (TPSA) is 87.5 Å². The van der Waals surface area contributed by atoms with Gasteiger partial charge in [0.25, 0.3) is 0 Å². The van der Waals surface area contributed by atoms with E-state index in [4.69, 9.17) is 14.8 Å². The van der Waals surface area contributed by atoms with Gasteiger partial charge >= 0.3 is 0 Å². The minimum atomic E-state index is -0.443. The van der Waals surface area contributed by atoms with E-state index >= 15 is 0 Å². The molecule has 3 aromatic rings. The summed E-state index contributed by atoms with van der Waals surface area (Å²) in [6.45, 7) is 3.96. The van der Waals surface area contributed by atoms with Crippen molar-refractivity contribution in [3.63, 3.8) is 0 Å². The molecule has 2 aliphatic rings. The largest absolute Gasteiger partial charge is 0.488 e. The number of Topliss-reactive ketones (excluding diaryl/α,β-unsaturated/α-hetero) is 1. The molecule has 184 valence electrons. The van der Waals surface area contributed by atoms with E-state index in [0.717, 1.165) is 16.8 Å². The molecule has 36 heavy (non-hydrogen) atoms. The number of nitrogens with zero attached hydrogens (tertiary/aromatic N) is 3. The van der Waals surface area contributed by atoms with Gasteiger partial charge in [0.1, 0.15) is 36.0 Å². The number of nitriles is 1. The molecule has 5 rings (SSSR count). The fraction of sp³-hybridized carbons (Fsp3) is 0.321. The van der Waals surface area contributed by atoms with Crippen molar-refractivity contribution in [2.24, 2.45) is 5.92 Å². The van der Waals surface area contributed by atoms with Crippen molar-refractivity contribution in [2.45, 2.75) is 39.0 Å². The second-order valence-electron chi connectivity index (χ2n) is 9.14. The van der Waals surface area contributed by atoms with Crippen LogP contribution in [0.5, 0.6) is 5.75 Å². The average Bonchev–Trinajstić information content (AvgIpc) is 2.92. The summed E-state index contributed by atoms with van der Waals surface area (Å²) in [4.78, 5) is 24.8. The zero-order chi connectivity index (χ0) is 25.1. The quantitative estimate of drug-likeness (QED) is 0.498. The number of halogens is 1. The summed E-state index contributed by atoms with van der Waals surface area (Å²) in [5, 5.41) is 8.91. The Morgan fingerprint density at radius 2 is 2.08 bits per heavy atom. The molecule has 0 radical (unpaired) electrons. The van der Waals surface area contributed by atoms with Crippen LogP contribution in [0.25, 0.3) is 0 Å². The van der Waals surface area contributed by atoms with E-state index < -0.39 is 5.82 Å². The first-order valence-electron chi connectivity index (χ1n) is 12.1. The molecule has 2 aromatic carbocycles. The molecule has 0 spiro atoms. The summed E-state index contributed by atoms with van der Waals surface area (Å²) in [5.41, 5.74) is 7.07. The van der Waals surface area contributed by atoms with Gasteiger partial charge in [0.05, 0.1) is 18.4 Å². The average molecular weight is 487 g/mol. The molecule has 0 amide bonds. The van der Waals surface area contributed by atoms with E-state index in [0.29, 0.717) is 55.0 Å². The van der Waals surface area contributed by atoms with Gasteiger partial charge in [0.15, 0.2) is 5.78 Å². The monoisotopic (exact) mass is 486 g/mol. The third-order valence-corrected chi connectivity index (χ3v) is 6.93. The van der Waals surface area contributed by atoms with Gasteiger partial charge in [-0.3, -0.25) is 9.63 Å². The zero-order valence-corrected chi connectivity index (χ0v) is 20.0. The van der Waals surface area contributed by atoms with Gasteiger partial charge in [0.2, 0.25) is 0 Å². The van der Waals surface area contributed by atoms with E-state index in [1.165, 1.54) is 6.07 Å². The highest BCUT2D eigenvalue weighted by molar-refractivity contribution is 5.98. The minimum absolute atomic E-state index is 0.0313. The van der Waals surface area contributed by atoms with Crippen molar-refractivity contribution >= 4 is 11.5 Å². The predicted octanol–water partition coefficient (Wildman–Crippen LogP) is 4.87. The van der Waals surface area contributed by atoms with Crippen LogP contribution in [-0.2, 0) is 18.0 Å². The van der Waals surface area contributed by atoms with Crippen LogP contribution in [-0.4, -0.2) is 23.9 Å². The van der Waals surface area contributed by atoms with Crippen molar-refractivity contribution < 1.29 is 18.8 Å². The Kier molecular flexibility index (Phi) is 6.94. The maximum atomic E-state index is 14.9. The minimum Gasteiger partial charge on any atom is -0.488 e. The van der Waals surface area contributed by atoms with Gasteiger partial charge in [-0.2, -0.15) is 10.7 Å². The number of hydroxylamine groups is 1. The fourth-order valence-electron chi connectivity index (χ4n) is 4.84. The Balaban J connectivity index is 1.20. The predicted molar refractivity (Wildman–Crippen MR) is 132 cm³/mol.